The average molecular weight is 735 g/mol. The molecule has 0 radical (unpaired) electrons. The highest BCUT2D eigenvalue weighted by Crippen LogP contribution is 2.54. The first-order valence-electron chi connectivity index (χ1n) is 17.8. The van der Waals surface area contributed by atoms with E-state index in [1.54, 1.807) is 0 Å². The number of carbonyl (C=O) groups is 2. The zero-order chi connectivity index (χ0) is 38.0. The Morgan fingerprint density at radius 2 is 1.25 bits per heavy atom. The summed E-state index contributed by atoms with van der Waals surface area (Å²) in [5.41, 5.74) is 5.51. The second-order valence-corrected chi connectivity index (χ2v) is 14.3. The van der Waals surface area contributed by atoms with Crippen molar-refractivity contribution in [3.8, 4) is 34.8 Å². The van der Waals surface area contributed by atoms with E-state index in [1.165, 1.54) is 0 Å². The number of nitrogens with one attached hydrogen (secondary N) is 1. The molecule has 0 saturated carbocycles. The summed E-state index contributed by atoms with van der Waals surface area (Å²) in [4.78, 5) is 22.6. The molecule has 1 aliphatic carbocycles. The number of carbonyl (C=O) groups excluding carboxylic acids is 2. The van der Waals surface area contributed by atoms with Crippen LogP contribution in [0.4, 0.5) is 0 Å². The smallest absolute Gasteiger partial charge is 0.220 e. The Morgan fingerprint density at radius 3 is 1.62 bits per heavy atom. The predicted octanol–water partition coefficient (Wildman–Crippen LogP) is -2.47. The lowest BCUT2D eigenvalue weighted by molar-refractivity contribution is -0.214. The molecule has 0 aromatic heterocycles. The van der Waals surface area contributed by atoms with Crippen LogP contribution in [0.1, 0.15) is 47.9 Å². The van der Waals surface area contributed by atoms with Gasteiger partial charge in [0.05, 0.1) is 19.3 Å². The Kier molecular flexibility index (Phi) is 12.0. The van der Waals surface area contributed by atoms with Crippen LogP contribution in [-0.2, 0) is 24.5 Å². The Hall–Kier alpha value is -3.74. The SMILES string of the molecule is CN1CCC2(CC1)c1cc(C#CC3OC(CO)[C@@H](O)C(O)C3O)ccc1-c1ccc(C#CC3OC(CO)[C@@H](O)C(O)C3O)cc12.O=CC1CCC(=O)N1. The number of fused-ring (bicyclic) bond motifs is 5. The van der Waals surface area contributed by atoms with Gasteiger partial charge in [-0.05, 0) is 85.9 Å². The van der Waals surface area contributed by atoms with Gasteiger partial charge in [-0.1, -0.05) is 35.8 Å². The lowest BCUT2D eigenvalue weighted by Gasteiger charge is -2.39. The van der Waals surface area contributed by atoms with Gasteiger partial charge in [-0.15, -0.1) is 0 Å². The molecular weight excluding hydrogens is 688 g/mol. The second kappa shape index (κ2) is 16.3. The number of nitrogens with zero attached hydrogens (tertiary/aromatic N) is 1. The third kappa shape index (κ3) is 7.77. The minimum atomic E-state index is -1.50. The van der Waals surface area contributed by atoms with E-state index in [2.05, 4.69) is 53.1 Å². The van der Waals surface area contributed by atoms with Gasteiger partial charge in [0.15, 0.2) is 0 Å². The van der Waals surface area contributed by atoms with Crippen molar-refractivity contribution in [3.05, 3.63) is 58.7 Å². The van der Waals surface area contributed by atoms with Crippen molar-refractivity contribution in [1.82, 2.24) is 10.2 Å². The van der Waals surface area contributed by atoms with Crippen LogP contribution in [0.2, 0.25) is 0 Å². The molecule has 5 aliphatic rings. The Labute approximate surface area is 307 Å². The molecule has 14 nitrogen and oxygen atoms in total. The molecule has 4 saturated heterocycles. The zero-order valence-corrected chi connectivity index (χ0v) is 29.2. The number of ether oxygens (including phenoxy) is 2. The summed E-state index contributed by atoms with van der Waals surface area (Å²) in [6.45, 7) is 0.707. The van der Waals surface area contributed by atoms with E-state index in [0.717, 1.165) is 54.5 Å². The number of aliphatic hydroxyl groups is 8. The maximum Gasteiger partial charge on any atom is 0.220 e. The molecule has 53 heavy (non-hydrogen) atoms. The molecule has 4 fully saturated rings. The first-order valence-corrected chi connectivity index (χ1v) is 17.8. The van der Waals surface area contributed by atoms with E-state index in [4.69, 9.17) is 9.47 Å². The van der Waals surface area contributed by atoms with Crippen LogP contribution in [-0.4, -0.2) is 158 Å². The van der Waals surface area contributed by atoms with E-state index in [1.807, 2.05) is 24.3 Å². The summed E-state index contributed by atoms with van der Waals surface area (Å²) in [6.07, 6.45) is -9.33. The summed E-state index contributed by atoms with van der Waals surface area (Å²) in [5.74, 6) is 11.9. The molecule has 7 rings (SSSR count). The van der Waals surface area contributed by atoms with Gasteiger partial charge in [-0.3, -0.25) is 4.79 Å². The van der Waals surface area contributed by atoms with E-state index in [9.17, 15) is 50.4 Å². The number of piperidine rings is 1. The Bertz CT molecular complexity index is 1680. The van der Waals surface area contributed by atoms with E-state index < -0.39 is 74.3 Å². The van der Waals surface area contributed by atoms with E-state index in [-0.39, 0.29) is 17.4 Å². The molecular formula is C39H46N2O12. The number of aliphatic hydroxyl groups excluding tert-OH is 8. The van der Waals surface area contributed by atoms with Crippen molar-refractivity contribution in [2.45, 2.75) is 98.2 Å². The van der Waals surface area contributed by atoms with Crippen molar-refractivity contribution in [2.24, 2.45) is 0 Å². The first-order chi connectivity index (χ1) is 25.4. The van der Waals surface area contributed by atoms with E-state index >= 15 is 0 Å². The number of benzene rings is 2. The second-order valence-electron chi connectivity index (χ2n) is 14.3. The first kappa shape index (κ1) is 39.0. The minimum Gasteiger partial charge on any atom is -0.394 e. The molecule has 11 atom stereocenters. The topological polar surface area (TPSA) is 230 Å². The lowest BCUT2D eigenvalue weighted by atomic mass is 9.70. The third-order valence-electron chi connectivity index (χ3n) is 10.9. The van der Waals surface area contributed by atoms with E-state index in [0.29, 0.717) is 24.0 Å². The summed E-state index contributed by atoms with van der Waals surface area (Å²) in [7, 11) is 2.09. The molecule has 1 spiro atoms. The fourth-order valence-electron chi connectivity index (χ4n) is 7.68. The summed E-state index contributed by atoms with van der Waals surface area (Å²) in [5, 5.41) is 82.8. The molecule has 9 unspecified atom stereocenters. The average Bonchev–Trinajstić information content (AvgIpc) is 3.71. The fourth-order valence-corrected chi connectivity index (χ4v) is 7.68. The van der Waals surface area contributed by atoms with Gasteiger partial charge >= 0.3 is 0 Å². The molecule has 2 aromatic rings. The standard InChI is InChI=1S/C34H39NO10.C5H7NO2/c1-35-12-10-34(11-13-35)22-14-18(4-8-24-28(38)32(42)30(40)26(16-36)44-24)2-6-20(22)21-7-3-19(15-23(21)34)5-9-25-29(39)33(43)31(41)27(17-37)45-25;7-3-4-1-2-5(8)6-4/h2-3,6-7,14-15,24-33,36-43H,10-13,16-17H2,1H3;3-4H,1-2H2,(H,6,8)/t24?,25?,26?,27?,28?,29?,30-,31-,32?,33?;/m1./s1. The molecule has 0 bridgehead atoms. The van der Waals surface area contributed by atoms with Gasteiger partial charge in [0.2, 0.25) is 5.91 Å². The monoisotopic (exact) mass is 734 g/mol. The minimum absolute atomic E-state index is 0.0119. The Balaban J connectivity index is 0.000000533. The van der Waals surface area contributed by atoms with Crippen molar-refractivity contribution in [1.29, 1.82) is 0 Å². The molecule has 2 aromatic carbocycles. The van der Waals surface area contributed by atoms with Crippen LogP contribution >= 0.6 is 0 Å². The molecule has 1 amide bonds. The molecule has 284 valence electrons. The van der Waals surface area contributed by atoms with Crippen LogP contribution in [0.5, 0.6) is 0 Å². The number of hydrogen-bond donors (Lipinski definition) is 9. The molecule has 14 heteroatoms. The maximum atomic E-state index is 10.4. The quantitative estimate of drug-likeness (QED) is 0.118. The van der Waals surface area contributed by atoms with Gasteiger partial charge < -0.3 is 65.3 Å². The van der Waals surface area contributed by atoms with Gasteiger partial charge in [0, 0.05) is 23.0 Å². The predicted molar refractivity (Wildman–Crippen MR) is 188 cm³/mol. The largest absolute Gasteiger partial charge is 0.394 e. The van der Waals surface area contributed by atoms with Crippen molar-refractivity contribution < 1.29 is 59.9 Å². The highest BCUT2D eigenvalue weighted by atomic mass is 16.5. The Morgan fingerprint density at radius 1 is 0.774 bits per heavy atom. The van der Waals surface area contributed by atoms with Gasteiger partial charge in [-0.25, -0.2) is 0 Å². The highest BCUT2D eigenvalue weighted by Gasteiger charge is 2.46. The highest BCUT2D eigenvalue weighted by molar-refractivity contribution is 5.83. The molecule has 4 aliphatic heterocycles. The van der Waals surface area contributed by atoms with Crippen LogP contribution in [0, 0.1) is 23.7 Å². The van der Waals surface area contributed by atoms with Crippen LogP contribution < -0.4 is 5.32 Å². The van der Waals surface area contributed by atoms with Crippen molar-refractivity contribution in [2.75, 3.05) is 33.4 Å². The lowest BCUT2D eigenvalue weighted by Crippen LogP contribution is -2.58. The molecule has 9 N–H and O–H groups in total. The van der Waals surface area contributed by atoms with Gasteiger partial charge in [-0.2, -0.15) is 0 Å². The zero-order valence-electron chi connectivity index (χ0n) is 29.2. The maximum absolute atomic E-state index is 10.4. The molecule has 4 heterocycles. The van der Waals surface area contributed by atoms with Crippen LogP contribution in [0.15, 0.2) is 36.4 Å². The van der Waals surface area contributed by atoms with Gasteiger partial charge in [0.25, 0.3) is 0 Å². The normalized spacial score (nSPS) is 34.3. The number of hydrogen-bond acceptors (Lipinski definition) is 13. The number of rotatable bonds is 3. The van der Waals surface area contributed by atoms with Crippen molar-refractivity contribution in [3.63, 3.8) is 0 Å². The van der Waals surface area contributed by atoms with Crippen LogP contribution in [0.3, 0.4) is 0 Å². The summed E-state index contributed by atoms with van der Waals surface area (Å²) in [6, 6.07) is 11.7. The van der Waals surface area contributed by atoms with Gasteiger partial charge in [0.1, 0.15) is 67.3 Å². The summed E-state index contributed by atoms with van der Waals surface area (Å²) < 4.78 is 11.1. The number of amides is 1. The fraction of sp³-hybridized carbons (Fsp3) is 0.538. The van der Waals surface area contributed by atoms with Crippen molar-refractivity contribution >= 4 is 12.2 Å². The van der Waals surface area contributed by atoms with Crippen LogP contribution in [0.25, 0.3) is 11.1 Å². The number of likely N-dealkylation sites (tertiary alicyclic amines) is 1. The summed E-state index contributed by atoms with van der Waals surface area (Å²) >= 11 is 0. The number of aldehydes is 1. The third-order valence-corrected chi connectivity index (χ3v) is 10.9.